The molecule has 0 aromatic carbocycles. The average Bonchev–Trinajstić information content (AvgIpc) is 3.12. The molecule has 1 saturated carbocycles. The second-order valence-electron chi connectivity index (χ2n) is 4.40. The van der Waals surface area contributed by atoms with Crippen molar-refractivity contribution in [2.45, 2.75) is 18.9 Å². The number of aromatic nitrogens is 1. The molecule has 0 atom stereocenters. The van der Waals surface area contributed by atoms with Gasteiger partial charge in [-0.25, -0.2) is 9.78 Å². The molecule has 1 aromatic heterocycles. The summed E-state index contributed by atoms with van der Waals surface area (Å²) in [6.07, 6.45) is 3.52. The van der Waals surface area contributed by atoms with Gasteiger partial charge in [-0.15, -0.1) is 0 Å². The fraction of sp³-hybridized carbons (Fsp3) is 0.417. The number of anilines is 1. The van der Waals surface area contributed by atoms with Gasteiger partial charge in [-0.05, 0) is 25.0 Å². The zero-order chi connectivity index (χ0) is 13.1. The molecular weight excluding hydrogens is 234 g/mol. The number of carboxylic acids is 1. The summed E-state index contributed by atoms with van der Waals surface area (Å²) >= 11 is 0. The first kappa shape index (κ1) is 12.3. The minimum Gasteiger partial charge on any atom is -0.477 e. The van der Waals surface area contributed by atoms with Gasteiger partial charge < -0.3 is 15.3 Å². The van der Waals surface area contributed by atoms with Crippen molar-refractivity contribution >= 4 is 17.6 Å². The Bertz CT molecular complexity index is 471. The Balaban J connectivity index is 1.98. The van der Waals surface area contributed by atoms with Crippen molar-refractivity contribution in [2.75, 3.05) is 18.5 Å². The highest BCUT2D eigenvalue weighted by Gasteiger charge is 2.23. The van der Waals surface area contributed by atoms with Gasteiger partial charge in [-0.1, -0.05) is 0 Å². The minimum absolute atomic E-state index is 0.0260. The summed E-state index contributed by atoms with van der Waals surface area (Å²) < 4.78 is 0. The maximum Gasteiger partial charge on any atom is 0.354 e. The highest BCUT2D eigenvalue weighted by molar-refractivity contribution is 5.87. The van der Waals surface area contributed by atoms with Crippen molar-refractivity contribution in [1.82, 2.24) is 10.3 Å². The zero-order valence-corrected chi connectivity index (χ0v) is 10.1. The number of rotatable bonds is 5. The number of carboxylic acid groups (broad SMARTS) is 1. The number of nitrogens with zero attached hydrogens (tertiary/aromatic N) is 2. The van der Waals surface area contributed by atoms with E-state index in [1.165, 1.54) is 12.3 Å². The second kappa shape index (κ2) is 5.03. The highest BCUT2D eigenvalue weighted by atomic mass is 16.4. The number of carbonyl (C=O) groups is 2. The molecule has 2 N–H and O–H groups in total. The first-order valence-electron chi connectivity index (χ1n) is 5.76. The molecule has 0 radical (unpaired) electrons. The topological polar surface area (TPSA) is 82.5 Å². The van der Waals surface area contributed by atoms with Crippen LogP contribution in [0.2, 0.25) is 0 Å². The lowest BCUT2D eigenvalue weighted by Crippen LogP contribution is -2.36. The fourth-order valence-corrected chi connectivity index (χ4v) is 1.58. The summed E-state index contributed by atoms with van der Waals surface area (Å²) in [5.74, 6) is -1.12. The Morgan fingerprint density at radius 3 is 2.89 bits per heavy atom. The smallest absolute Gasteiger partial charge is 0.354 e. The van der Waals surface area contributed by atoms with Crippen LogP contribution < -0.4 is 10.2 Å². The van der Waals surface area contributed by atoms with Gasteiger partial charge in [0.1, 0.15) is 5.69 Å². The number of likely N-dealkylation sites (N-methyl/N-ethyl adjacent to an activating group) is 1. The molecule has 1 amide bonds. The molecule has 6 heteroatoms. The van der Waals surface area contributed by atoms with Crippen LogP contribution in [0.15, 0.2) is 18.3 Å². The lowest BCUT2D eigenvalue weighted by molar-refractivity contribution is -0.119. The molecule has 0 saturated heterocycles. The van der Waals surface area contributed by atoms with E-state index in [0.717, 1.165) is 12.8 Å². The second-order valence-corrected chi connectivity index (χ2v) is 4.40. The third-order valence-electron chi connectivity index (χ3n) is 2.73. The zero-order valence-electron chi connectivity index (χ0n) is 10.1. The molecule has 0 spiro atoms. The summed E-state index contributed by atoms with van der Waals surface area (Å²) in [7, 11) is 1.74. The van der Waals surface area contributed by atoms with E-state index >= 15 is 0 Å². The number of pyridine rings is 1. The minimum atomic E-state index is -1.08. The molecule has 18 heavy (non-hydrogen) atoms. The Morgan fingerprint density at radius 1 is 1.56 bits per heavy atom. The Kier molecular flexibility index (Phi) is 3.45. The molecule has 0 bridgehead atoms. The molecule has 0 unspecified atom stereocenters. The summed E-state index contributed by atoms with van der Waals surface area (Å²) in [5, 5.41) is 11.7. The third-order valence-corrected chi connectivity index (χ3v) is 2.73. The molecule has 1 heterocycles. The van der Waals surface area contributed by atoms with Gasteiger partial charge in [0, 0.05) is 25.0 Å². The summed E-state index contributed by atoms with van der Waals surface area (Å²) in [6.45, 7) is 0.208. The Hall–Kier alpha value is -2.11. The van der Waals surface area contributed by atoms with Crippen LogP contribution in [-0.4, -0.2) is 41.6 Å². The van der Waals surface area contributed by atoms with Crippen molar-refractivity contribution in [1.29, 1.82) is 0 Å². The molecule has 6 nitrogen and oxygen atoms in total. The molecule has 1 aromatic rings. The van der Waals surface area contributed by atoms with Gasteiger partial charge in [0.2, 0.25) is 5.91 Å². The number of hydrogen-bond acceptors (Lipinski definition) is 4. The van der Waals surface area contributed by atoms with Crippen molar-refractivity contribution in [3.63, 3.8) is 0 Å². The largest absolute Gasteiger partial charge is 0.477 e. The number of nitrogens with one attached hydrogen (secondary N) is 1. The molecule has 2 rings (SSSR count). The van der Waals surface area contributed by atoms with Gasteiger partial charge in [-0.2, -0.15) is 0 Å². The lowest BCUT2D eigenvalue weighted by Gasteiger charge is -2.18. The standard InChI is InChI=1S/C12H15N3O3/c1-15(7-11(16)14-8-2-3-8)9-4-5-13-10(6-9)12(17)18/h4-6,8H,2-3,7H2,1H3,(H,14,16)(H,17,18). The van der Waals surface area contributed by atoms with E-state index in [0.29, 0.717) is 11.7 Å². The van der Waals surface area contributed by atoms with E-state index in [1.807, 2.05) is 0 Å². The van der Waals surface area contributed by atoms with Crippen LogP contribution in [0.25, 0.3) is 0 Å². The van der Waals surface area contributed by atoms with Gasteiger partial charge in [-0.3, -0.25) is 4.79 Å². The first-order chi connectivity index (χ1) is 8.56. The van der Waals surface area contributed by atoms with Gasteiger partial charge in [0.05, 0.1) is 6.54 Å². The fourth-order valence-electron chi connectivity index (χ4n) is 1.58. The van der Waals surface area contributed by atoms with Crippen LogP contribution >= 0.6 is 0 Å². The molecule has 1 aliphatic rings. The predicted octanol–water partition coefficient (Wildman–Crippen LogP) is 0.495. The molecule has 1 aliphatic carbocycles. The van der Waals surface area contributed by atoms with Gasteiger partial charge in [0.25, 0.3) is 0 Å². The van der Waals surface area contributed by atoms with Gasteiger partial charge in [0.15, 0.2) is 0 Å². The molecule has 0 aliphatic heterocycles. The summed E-state index contributed by atoms with van der Waals surface area (Å²) in [4.78, 5) is 27.8. The quantitative estimate of drug-likeness (QED) is 0.793. The number of amides is 1. The van der Waals surface area contributed by atoms with E-state index < -0.39 is 5.97 Å². The van der Waals surface area contributed by atoms with E-state index in [9.17, 15) is 9.59 Å². The van der Waals surface area contributed by atoms with Gasteiger partial charge >= 0.3 is 5.97 Å². The summed E-state index contributed by atoms with van der Waals surface area (Å²) in [5.41, 5.74) is 0.635. The Labute approximate surface area is 105 Å². The van der Waals surface area contributed by atoms with Crippen molar-refractivity contribution in [3.05, 3.63) is 24.0 Å². The van der Waals surface area contributed by atoms with Crippen LogP contribution in [0.3, 0.4) is 0 Å². The highest BCUT2D eigenvalue weighted by Crippen LogP contribution is 2.18. The Morgan fingerprint density at radius 2 is 2.28 bits per heavy atom. The van der Waals surface area contributed by atoms with Crippen molar-refractivity contribution in [2.24, 2.45) is 0 Å². The number of aromatic carboxylic acids is 1. The maximum atomic E-state index is 11.6. The van der Waals surface area contributed by atoms with Crippen molar-refractivity contribution < 1.29 is 14.7 Å². The van der Waals surface area contributed by atoms with Crippen molar-refractivity contribution in [3.8, 4) is 0 Å². The number of carbonyl (C=O) groups excluding carboxylic acids is 1. The van der Waals surface area contributed by atoms with Crippen LogP contribution in [0.5, 0.6) is 0 Å². The molecular formula is C12H15N3O3. The van der Waals surface area contributed by atoms with E-state index in [4.69, 9.17) is 5.11 Å². The maximum absolute atomic E-state index is 11.6. The normalized spacial score (nSPS) is 14.1. The average molecular weight is 249 g/mol. The molecule has 96 valence electrons. The lowest BCUT2D eigenvalue weighted by atomic mass is 10.3. The summed E-state index contributed by atoms with van der Waals surface area (Å²) in [6, 6.07) is 3.46. The van der Waals surface area contributed by atoms with Crippen LogP contribution in [-0.2, 0) is 4.79 Å². The van der Waals surface area contributed by atoms with E-state index in [-0.39, 0.29) is 18.1 Å². The SMILES string of the molecule is CN(CC(=O)NC1CC1)c1ccnc(C(=O)O)c1. The number of hydrogen-bond donors (Lipinski definition) is 2. The first-order valence-corrected chi connectivity index (χ1v) is 5.76. The van der Waals surface area contributed by atoms with Crippen LogP contribution in [0.4, 0.5) is 5.69 Å². The third kappa shape index (κ3) is 3.19. The monoisotopic (exact) mass is 249 g/mol. The van der Waals surface area contributed by atoms with Crippen LogP contribution in [0.1, 0.15) is 23.3 Å². The predicted molar refractivity (Wildman–Crippen MR) is 65.6 cm³/mol. The van der Waals surface area contributed by atoms with E-state index in [2.05, 4.69) is 10.3 Å². The molecule has 1 fully saturated rings. The van der Waals surface area contributed by atoms with Crippen LogP contribution in [0, 0.1) is 0 Å². The van der Waals surface area contributed by atoms with E-state index in [1.54, 1.807) is 18.0 Å².